The number of nitrogens with one attached hydrogen (secondary N) is 1. The molecular formula is C28H35N3O4. The number of carbonyl (C=O) groups is 2. The third-order valence-electron chi connectivity index (χ3n) is 5.93. The zero-order valence-corrected chi connectivity index (χ0v) is 21.6. The van der Waals surface area contributed by atoms with Crippen LogP contribution in [0.5, 0.6) is 5.75 Å². The number of hydrogen-bond donors (Lipinski definition) is 2. The SMILES string of the molecule is CCn1nc(C(=O)NCc2ccc(OC(C)(C)C(=O)O)c(C)c2)cc1-c1ccc(C(C)(C)C)cc1. The van der Waals surface area contributed by atoms with Gasteiger partial charge in [-0.15, -0.1) is 0 Å². The largest absolute Gasteiger partial charge is 0.478 e. The lowest BCUT2D eigenvalue weighted by molar-refractivity contribution is -0.152. The van der Waals surface area contributed by atoms with Crippen LogP contribution in [0.4, 0.5) is 0 Å². The predicted molar refractivity (Wildman–Crippen MR) is 137 cm³/mol. The van der Waals surface area contributed by atoms with E-state index in [1.165, 1.54) is 19.4 Å². The summed E-state index contributed by atoms with van der Waals surface area (Å²) in [5.41, 5.74) is 3.94. The Bertz CT molecular complexity index is 1220. The Morgan fingerprint density at radius 2 is 1.69 bits per heavy atom. The van der Waals surface area contributed by atoms with Gasteiger partial charge < -0.3 is 15.2 Å². The molecule has 0 unspecified atom stereocenters. The lowest BCUT2D eigenvalue weighted by atomic mass is 9.86. The summed E-state index contributed by atoms with van der Waals surface area (Å²) in [6.07, 6.45) is 0. The summed E-state index contributed by atoms with van der Waals surface area (Å²) < 4.78 is 7.48. The fourth-order valence-electron chi connectivity index (χ4n) is 3.67. The van der Waals surface area contributed by atoms with Crippen LogP contribution in [0, 0.1) is 6.92 Å². The molecule has 0 radical (unpaired) electrons. The molecule has 1 amide bonds. The van der Waals surface area contributed by atoms with Gasteiger partial charge in [-0.25, -0.2) is 4.79 Å². The molecule has 0 bridgehead atoms. The minimum Gasteiger partial charge on any atom is -0.478 e. The first-order valence-electron chi connectivity index (χ1n) is 11.8. The van der Waals surface area contributed by atoms with Crippen molar-refractivity contribution in [1.82, 2.24) is 15.1 Å². The topological polar surface area (TPSA) is 93.5 Å². The summed E-state index contributed by atoms with van der Waals surface area (Å²) in [5, 5.41) is 16.7. The first-order valence-corrected chi connectivity index (χ1v) is 11.8. The number of carbonyl (C=O) groups excluding carboxylic acids is 1. The summed E-state index contributed by atoms with van der Waals surface area (Å²) in [5.74, 6) is -0.796. The highest BCUT2D eigenvalue weighted by Gasteiger charge is 2.30. The molecule has 0 aliphatic heterocycles. The van der Waals surface area contributed by atoms with Gasteiger partial charge in [0.2, 0.25) is 0 Å². The van der Waals surface area contributed by atoms with Gasteiger partial charge in [-0.3, -0.25) is 9.48 Å². The van der Waals surface area contributed by atoms with E-state index in [1.54, 1.807) is 6.07 Å². The smallest absolute Gasteiger partial charge is 0.347 e. The second-order valence-electron chi connectivity index (χ2n) is 10.3. The fourth-order valence-corrected chi connectivity index (χ4v) is 3.67. The van der Waals surface area contributed by atoms with Gasteiger partial charge in [0.15, 0.2) is 11.3 Å². The van der Waals surface area contributed by atoms with Gasteiger partial charge in [-0.2, -0.15) is 5.10 Å². The Labute approximate surface area is 207 Å². The van der Waals surface area contributed by atoms with Crippen molar-refractivity contribution in [2.45, 2.75) is 72.6 Å². The number of carboxylic acid groups (broad SMARTS) is 1. The monoisotopic (exact) mass is 477 g/mol. The number of hydrogen-bond acceptors (Lipinski definition) is 4. The fraction of sp³-hybridized carbons (Fsp3) is 0.393. The van der Waals surface area contributed by atoms with E-state index in [0.29, 0.717) is 24.5 Å². The molecule has 2 N–H and O–H groups in total. The third kappa shape index (κ3) is 6.10. The van der Waals surface area contributed by atoms with Crippen LogP contribution in [0.3, 0.4) is 0 Å². The minimum absolute atomic E-state index is 0.0731. The molecule has 0 aliphatic carbocycles. The predicted octanol–water partition coefficient (Wildman–Crippen LogP) is 5.35. The molecule has 2 aromatic carbocycles. The molecule has 3 aromatic rings. The molecular weight excluding hydrogens is 442 g/mol. The summed E-state index contributed by atoms with van der Waals surface area (Å²) in [4.78, 5) is 24.2. The zero-order valence-electron chi connectivity index (χ0n) is 21.6. The Kier molecular flexibility index (Phi) is 7.38. The van der Waals surface area contributed by atoms with Crippen LogP contribution in [0.1, 0.15) is 68.7 Å². The van der Waals surface area contributed by atoms with Gasteiger partial charge in [-0.05, 0) is 67.5 Å². The first kappa shape index (κ1) is 26.0. The second-order valence-corrected chi connectivity index (χ2v) is 10.3. The average Bonchev–Trinajstić information content (AvgIpc) is 3.23. The van der Waals surface area contributed by atoms with Crippen molar-refractivity contribution >= 4 is 11.9 Å². The highest BCUT2D eigenvalue weighted by Crippen LogP contribution is 2.27. The molecule has 3 rings (SSSR count). The Balaban J connectivity index is 1.71. The third-order valence-corrected chi connectivity index (χ3v) is 5.93. The van der Waals surface area contributed by atoms with Gasteiger partial charge >= 0.3 is 5.97 Å². The number of aryl methyl sites for hydroxylation is 2. The molecule has 35 heavy (non-hydrogen) atoms. The van der Waals surface area contributed by atoms with Crippen LogP contribution in [0.15, 0.2) is 48.5 Å². The summed E-state index contributed by atoms with van der Waals surface area (Å²) in [6, 6.07) is 15.6. The summed E-state index contributed by atoms with van der Waals surface area (Å²) in [6.45, 7) is 14.4. The molecule has 1 heterocycles. The number of amides is 1. The highest BCUT2D eigenvalue weighted by atomic mass is 16.5. The van der Waals surface area contributed by atoms with E-state index in [1.807, 2.05) is 36.7 Å². The maximum Gasteiger partial charge on any atom is 0.347 e. The lowest BCUT2D eigenvalue weighted by Gasteiger charge is -2.23. The molecule has 7 nitrogen and oxygen atoms in total. The van der Waals surface area contributed by atoms with Crippen LogP contribution in [-0.4, -0.2) is 32.4 Å². The molecule has 7 heteroatoms. The Morgan fingerprint density at radius 1 is 1.03 bits per heavy atom. The molecule has 0 fully saturated rings. The van der Waals surface area contributed by atoms with Crippen molar-refractivity contribution in [2.24, 2.45) is 0 Å². The molecule has 0 aliphatic rings. The highest BCUT2D eigenvalue weighted by molar-refractivity contribution is 5.93. The number of carboxylic acids is 1. The number of rotatable bonds is 8. The van der Waals surface area contributed by atoms with E-state index in [2.05, 4.69) is 55.5 Å². The van der Waals surface area contributed by atoms with Crippen LogP contribution in [0.25, 0.3) is 11.3 Å². The molecule has 186 valence electrons. The van der Waals surface area contributed by atoms with E-state index in [9.17, 15) is 14.7 Å². The number of benzene rings is 2. The van der Waals surface area contributed by atoms with Gasteiger partial charge in [0.25, 0.3) is 5.91 Å². The number of ether oxygens (including phenoxy) is 1. The van der Waals surface area contributed by atoms with E-state index >= 15 is 0 Å². The standard InChI is InChI=1S/C28H35N3O4/c1-8-31-23(20-10-12-21(13-11-20)27(3,4)5)16-22(30-31)25(32)29-17-19-9-14-24(18(2)15-19)35-28(6,7)26(33)34/h9-16H,8,17H2,1-7H3,(H,29,32)(H,33,34). The Hall–Kier alpha value is -3.61. The molecule has 0 saturated heterocycles. The number of aliphatic carboxylic acids is 1. The van der Waals surface area contributed by atoms with E-state index < -0.39 is 11.6 Å². The molecule has 0 atom stereocenters. The van der Waals surface area contributed by atoms with Crippen LogP contribution >= 0.6 is 0 Å². The van der Waals surface area contributed by atoms with Crippen LogP contribution < -0.4 is 10.1 Å². The molecule has 0 spiro atoms. The number of aromatic nitrogens is 2. The minimum atomic E-state index is -1.33. The lowest BCUT2D eigenvalue weighted by Crippen LogP contribution is -2.38. The second kappa shape index (κ2) is 9.94. The van der Waals surface area contributed by atoms with Gasteiger partial charge in [0, 0.05) is 13.1 Å². The van der Waals surface area contributed by atoms with Crippen molar-refractivity contribution in [3.63, 3.8) is 0 Å². The van der Waals surface area contributed by atoms with Crippen molar-refractivity contribution in [2.75, 3.05) is 0 Å². The van der Waals surface area contributed by atoms with Crippen LogP contribution in [0.2, 0.25) is 0 Å². The molecule has 1 aromatic heterocycles. The number of nitrogens with zero attached hydrogens (tertiary/aromatic N) is 2. The van der Waals surface area contributed by atoms with Crippen molar-refractivity contribution in [3.05, 3.63) is 70.9 Å². The van der Waals surface area contributed by atoms with Gasteiger partial charge in [0.1, 0.15) is 5.75 Å². The van der Waals surface area contributed by atoms with Gasteiger partial charge in [-0.1, -0.05) is 57.2 Å². The zero-order chi connectivity index (χ0) is 26.0. The van der Waals surface area contributed by atoms with Crippen molar-refractivity contribution in [1.29, 1.82) is 0 Å². The maximum atomic E-state index is 12.9. The quantitative estimate of drug-likeness (QED) is 0.456. The van der Waals surface area contributed by atoms with Crippen molar-refractivity contribution in [3.8, 4) is 17.0 Å². The van der Waals surface area contributed by atoms with Gasteiger partial charge in [0.05, 0.1) is 5.69 Å². The summed E-state index contributed by atoms with van der Waals surface area (Å²) >= 11 is 0. The van der Waals surface area contributed by atoms with E-state index in [4.69, 9.17) is 4.74 Å². The maximum absolute atomic E-state index is 12.9. The van der Waals surface area contributed by atoms with Crippen molar-refractivity contribution < 1.29 is 19.4 Å². The normalized spacial score (nSPS) is 11.9. The molecule has 0 saturated carbocycles. The van der Waals surface area contributed by atoms with E-state index in [0.717, 1.165) is 22.4 Å². The summed E-state index contributed by atoms with van der Waals surface area (Å²) in [7, 11) is 0. The Morgan fingerprint density at radius 3 is 2.23 bits per heavy atom. The van der Waals surface area contributed by atoms with Crippen LogP contribution in [-0.2, 0) is 23.3 Å². The first-order chi connectivity index (χ1) is 16.3. The van der Waals surface area contributed by atoms with E-state index in [-0.39, 0.29) is 11.3 Å². The average molecular weight is 478 g/mol.